The van der Waals surface area contributed by atoms with Crippen LogP contribution in [0.1, 0.15) is 37.5 Å². The number of ether oxygens (including phenoxy) is 2. The van der Waals surface area contributed by atoms with Crippen LogP contribution in [0.4, 0.5) is 5.69 Å². The third kappa shape index (κ3) is 9.40. The van der Waals surface area contributed by atoms with Crippen LogP contribution in [-0.2, 0) is 14.4 Å². The minimum atomic E-state index is -0.860. The first kappa shape index (κ1) is 27.8. The van der Waals surface area contributed by atoms with Crippen LogP contribution in [0.2, 0.25) is 0 Å². The van der Waals surface area contributed by atoms with Crippen LogP contribution in [0.3, 0.4) is 0 Å². The van der Waals surface area contributed by atoms with Crippen LogP contribution in [0.5, 0.6) is 11.5 Å². The molecule has 0 aliphatic carbocycles. The first-order valence-electron chi connectivity index (χ1n) is 11.2. The predicted octanol–water partition coefficient (Wildman–Crippen LogP) is 3.70. The molecular formula is C25H31BrN4O5. The monoisotopic (exact) mass is 546 g/mol. The molecule has 0 saturated carbocycles. The summed E-state index contributed by atoms with van der Waals surface area (Å²) in [6.45, 7) is 10.1. The highest BCUT2D eigenvalue weighted by atomic mass is 79.9. The summed E-state index contributed by atoms with van der Waals surface area (Å²) in [5.74, 6) is -0.951. The Morgan fingerprint density at radius 3 is 2.34 bits per heavy atom. The molecule has 0 fully saturated rings. The molecule has 0 unspecified atom stereocenters. The topological polar surface area (TPSA) is 118 Å². The number of benzene rings is 2. The number of carbonyl (C=O) groups excluding carboxylic acids is 3. The molecule has 9 nitrogen and oxygen atoms in total. The van der Waals surface area contributed by atoms with Crippen molar-refractivity contribution in [1.29, 1.82) is 0 Å². The number of carbonyl (C=O) groups is 3. The maximum atomic E-state index is 12.4. The standard InChI is InChI=1S/C25H31BrN4O5/c1-6-34-21-11-18(13-28-30-25(33)24(32)27-12-15(2)3)10-20(26)23(21)35-14-22(31)29-19-8-16(4)7-17(5)9-19/h7-11,13,15H,6,12,14H2,1-5H3,(H,27,32)(H,29,31)(H,30,33)/b28-13-. The molecule has 35 heavy (non-hydrogen) atoms. The van der Waals surface area contributed by atoms with Gasteiger partial charge in [-0.25, -0.2) is 5.43 Å². The maximum Gasteiger partial charge on any atom is 0.329 e. The molecule has 3 amide bonds. The number of nitrogens with one attached hydrogen (secondary N) is 3. The maximum absolute atomic E-state index is 12.4. The van der Waals surface area contributed by atoms with Gasteiger partial charge in [-0.2, -0.15) is 5.10 Å². The van der Waals surface area contributed by atoms with Crippen LogP contribution < -0.4 is 25.5 Å². The van der Waals surface area contributed by atoms with Gasteiger partial charge in [-0.1, -0.05) is 19.9 Å². The van der Waals surface area contributed by atoms with Gasteiger partial charge < -0.3 is 20.1 Å². The van der Waals surface area contributed by atoms with Gasteiger partial charge in [0.05, 0.1) is 17.3 Å². The lowest BCUT2D eigenvalue weighted by Crippen LogP contribution is -2.39. The number of hydrogen-bond acceptors (Lipinski definition) is 6. The van der Waals surface area contributed by atoms with E-state index in [1.54, 1.807) is 12.1 Å². The summed E-state index contributed by atoms with van der Waals surface area (Å²) in [7, 11) is 0. The van der Waals surface area contributed by atoms with Gasteiger partial charge in [-0.05, 0) is 83.6 Å². The molecule has 0 aliphatic heterocycles. The van der Waals surface area contributed by atoms with Crippen molar-refractivity contribution in [3.63, 3.8) is 0 Å². The molecule has 0 atom stereocenters. The van der Waals surface area contributed by atoms with Gasteiger partial charge in [0.15, 0.2) is 18.1 Å². The lowest BCUT2D eigenvalue weighted by Gasteiger charge is -2.15. The summed E-state index contributed by atoms with van der Waals surface area (Å²) in [6, 6.07) is 9.13. The molecule has 0 aliphatic rings. The minimum absolute atomic E-state index is 0.222. The van der Waals surface area contributed by atoms with Gasteiger partial charge in [0, 0.05) is 12.2 Å². The van der Waals surface area contributed by atoms with Crippen molar-refractivity contribution in [2.75, 3.05) is 25.1 Å². The second kappa shape index (κ2) is 13.5. The lowest BCUT2D eigenvalue weighted by atomic mass is 10.1. The van der Waals surface area contributed by atoms with E-state index < -0.39 is 11.8 Å². The number of aryl methyl sites for hydroxylation is 2. The molecule has 0 saturated heterocycles. The van der Waals surface area contributed by atoms with Gasteiger partial charge in [-0.15, -0.1) is 0 Å². The summed E-state index contributed by atoms with van der Waals surface area (Å²) < 4.78 is 11.9. The van der Waals surface area contributed by atoms with E-state index in [2.05, 4.69) is 37.1 Å². The Labute approximate surface area is 213 Å². The fourth-order valence-corrected chi connectivity index (χ4v) is 3.61. The predicted molar refractivity (Wildman–Crippen MR) is 139 cm³/mol. The number of amides is 3. The summed E-state index contributed by atoms with van der Waals surface area (Å²) >= 11 is 3.43. The van der Waals surface area contributed by atoms with Gasteiger partial charge in [0.2, 0.25) is 0 Å². The molecule has 0 spiro atoms. The summed E-state index contributed by atoms with van der Waals surface area (Å²) in [4.78, 5) is 36.0. The van der Waals surface area contributed by atoms with E-state index in [4.69, 9.17) is 9.47 Å². The summed E-state index contributed by atoms with van der Waals surface area (Å²) in [6.07, 6.45) is 1.37. The van der Waals surface area contributed by atoms with E-state index in [0.29, 0.717) is 40.4 Å². The molecule has 2 rings (SSSR count). The zero-order chi connectivity index (χ0) is 26.0. The van der Waals surface area contributed by atoms with Gasteiger partial charge in [0.1, 0.15) is 0 Å². The van der Waals surface area contributed by atoms with Crippen molar-refractivity contribution in [3.8, 4) is 11.5 Å². The highest BCUT2D eigenvalue weighted by molar-refractivity contribution is 9.10. The SMILES string of the molecule is CCOc1cc(/C=N\NC(=O)C(=O)NCC(C)C)cc(Br)c1OCC(=O)Nc1cc(C)cc(C)c1. The Bertz CT molecular complexity index is 1080. The zero-order valence-corrected chi connectivity index (χ0v) is 22.1. The average Bonchev–Trinajstić information content (AvgIpc) is 2.76. The van der Waals surface area contributed by atoms with Crippen LogP contribution in [0.25, 0.3) is 0 Å². The van der Waals surface area contributed by atoms with E-state index in [1.165, 1.54) is 6.21 Å². The van der Waals surface area contributed by atoms with E-state index in [9.17, 15) is 14.4 Å². The van der Waals surface area contributed by atoms with Crippen molar-refractivity contribution in [1.82, 2.24) is 10.7 Å². The van der Waals surface area contributed by atoms with Crippen molar-refractivity contribution < 1.29 is 23.9 Å². The molecular weight excluding hydrogens is 516 g/mol. The smallest absolute Gasteiger partial charge is 0.329 e. The number of anilines is 1. The quantitative estimate of drug-likeness (QED) is 0.238. The Balaban J connectivity index is 2.04. The molecule has 10 heteroatoms. The van der Waals surface area contributed by atoms with Crippen molar-refractivity contribution in [2.45, 2.75) is 34.6 Å². The van der Waals surface area contributed by atoms with Crippen LogP contribution >= 0.6 is 15.9 Å². The minimum Gasteiger partial charge on any atom is -0.490 e. The molecule has 2 aromatic carbocycles. The fraction of sp³-hybridized carbons (Fsp3) is 0.360. The highest BCUT2D eigenvalue weighted by Crippen LogP contribution is 2.36. The van der Waals surface area contributed by atoms with Gasteiger partial charge in [-0.3, -0.25) is 14.4 Å². The van der Waals surface area contributed by atoms with E-state index in [0.717, 1.165) is 11.1 Å². The number of rotatable bonds is 10. The number of hydrogen-bond donors (Lipinski definition) is 3. The Morgan fingerprint density at radius 2 is 1.71 bits per heavy atom. The Morgan fingerprint density at radius 1 is 1.03 bits per heavy atom. The lowest BCUT2D eigenvalue weighted by molar-refractivity contribution is -0.139. The molecule has 2 aromatic rings. The van der Waals surface area contributed by atoms with Gasteiger partial charge in [0.25, 0.3) is 5.91 Å². The molecule has 0 heterocycles. The fourth-order valence-electron chi connectivity index (χ4n) is 3.04. The Kier molecular flexibility index (Phi) is 10.7. The molecule has 0 bridgehead atoms. The van der Waals surface area contributed by atoms with Crippen molar-refractivity contribution in [3.05, 3.63) is 51.5 Å². The Hall–Kier alpha value is -3.40. The van der Waals surface area contributed by atoms with E-state index in [-0.39, 0.29) is 18.4 Å². The number of nitrogens with zero attached hydrogens (tertiary/aromatic N) is 1. The van der Waals surface area contributed by atoms with E-state index in [1.807, 2.05) is 52.8 Å². The van der Waals surface area contributed by atoms with Crippen LogP contribution in [0, 0.1) is 19.8 Å². The van der Waals surface area contributed by atoms with Gasteiger partial charge >= 0.3 is 11.8 Å². The normalized spacial score (nSPS) is 10.8. The highest BCUT2D eigenvalue weighted by Gasteiger charge is 2.15. The van der Waals surface area contributed by atoms with Crippen molar-refractivity contribution in [2.24, 2.45) is 11.0 Å². The first-order chi connectivity index (χ1) is 16.6. The second-order valence-corrected chi connectivity index (χ2v) is 9.13. The average molecular weight is 547 g/mol. The molecule has 0 aromatic heterocycles. The molecule has 188 valence electrons. The van der Waals surface area contributed by atoms with Crippen molar-refractivity contribution >= 4 is 45.6 Å². The second-order valence-electron chi connectivity index (χ2n) is 8.28. The van der Waals surface area contributed by atoms with Crippen LogP contribution in [0.15, 0.2) is 39.9 Å². The number of hydrazone groups is 1. The summed E-state index contributed by atoms with van der Waals surface area (Å²) in [5, 5.41) is 9.17. The van der Waals surface area contributed by atoms with E-state index >= 15 is 0 Å². The van der Waals surface area contributed by atoms with Crippen LogP contribution in [-0.4, -0.2) is 43.7 Å². The number of halogens is 1. The first-order valence-corrected chi connectivity index (χ1v) is 12.0. The third-order valence-electron chi connectivity index (χ3n) is 4.44. The molecule has 3 N–H and O–H groups in total. The third-order valence-corrected chi connectivity index (χ3v) is 5.03. The largest absolute Gasteiger partial charge is 0.490 e. The summed E-state index contributed by atoms with van der Waals surface area (Å²) in [5.41, 5.74) is 5.57. The zero-order valence-electron chi connectivity index (χ0n) is 20.5. The molecule has 0 radical (unpaired) electrons.